The normalized spacial score (nSPS) is 10.4. The van der Waals surface area contributed by atoms with Crippen molar-refractivity contribution in [2.75, 3.05) is 13.1 Å². The molecule has 0 heterocycles. The van der Waals surface area contributed by atoms with E-state index in [0.717, 1.165) is 13.0 Å². The van der Waals surface area contributed by atoms with Crippen LogP contribution in [-0.4, -0.2) is 30.1 Å². The van der Waals surface area contributed by atoms with Gasteiger partial charge in [0.1, 0.15) is 0 Å². The Morgan fingerprint density at radius 3 is 2.36 bits per heavy atom. The van der Waals surface area contributed by atoms with E-state index in [1.165, 1.54) is 12.8 Å². The first-order valence-corrected chi connectivity index (χ1v) is 5.67. The van der Waals surface area contributed by atoms with E-state index in [0.29, 0.717) is 12.6 Å². The molecule has 1 N–H and O–H groups in total. The molecule has 3 heteroatoms. The van der Waals surface area contributed by atoms with Gasteiger partial charge in [-0.3, -0.25) is 0 Å². The van der Waals surface area contributed by atoms with Crippen LogP contribution in [0.15, 0.2) is 0 Å². The third kappa shape index (κ3) is 5.10. The first kappa shape index (κ1) is 13.3. The van der Waals surface area contributed by atoms with E-state index >= 15 is 0 Å². The molecule has 2 amide bonds. The fourth-order valence-corrected chi connectivity index (χ4v) is 1.38. The Kier molecular flexibility index (Phi) is 7.25. The van der Waals surface area contributed by atoms with Gasteiger partial charge >= 0.3 is 6.03 Å². The highest BCUT2D eigenvalue weighted by atomic mass is 16.2. The minimum Gasteiger partial charge on any atom is -0.338 e. The quantitative estimate of drug-likeness (QED) is 0.657. The molecule has 0 aromatic rings. The summed E-state index contributed by atoms with van der Waals surface area (Å²) in [5.74, 6) is 0. The molecule has 0 aromatic carbocycles. The SMILES string of the molecule is CCCCCN(C(=O)NCC)C(C)C. The average molecular weight is 200 g/mol. The van der Waals surface area contributed by atoms with Gasteiger partial charge in [0.25, 0.3) is 0 Å². The number of urea groups is 1. The van der Waals surface area contributed by atoms with Crippen molar-refractivity contribution in [3.63, 3.8) is 0 Å². The molecule has 3 nitrogen and oxygen atoms in total. The molecule has 0 unspecified atom stereocenters. The summed E-state index contributed by atoms with van der Waals surface area (Å²) in [4.78, 5) is 13.5. The maximum Gasteiger partial charge on any atom is 0.317 e. The Morgan fingerprint density at radius 2 is 1.93 bits per heavy atom. The summed E-state index contributed by atoms with van der Waals surface area (Å²) >= 11 is 0. The second-order valence-electron chi connectivity index (χ2n) is 3.83. The molecule has 0 spiro atoms. The standard InChI is InChI=1S/C11H24N2O/c1-5-7-8-9-13(10(3)4)11(14)12-6-2/h10H,5-9H2,1-4H3,(H,12,14). The molecule has 0 aliphatic rings. The van der Waals surface area contributed by atoms with Crippen molar-refractivity contribution in [3.05, 3.63) is 0 Å². The molecule has 0 fully saturated rings. The molecule has 84 valence electrons. The van der Waals surface area contributed by atoms with E-state index < -0.39 is 0 Å². The molecule has 0 rings (SSSR count). The second-order valence-corrected chi connectivity index (χ2v) is 3.83. The van der Waals surface area contributed by atoms with Gasteiger partial charge < -0.3 is 10.2 Å². The number of nitrogens with zero attached hydrogens (tertiary/aromatic N) is 1. The lowest BCUT2D eigenvalue weighted by atomic mass is 10.2. The van der Waals surface area contributed by atoms with Crippen molar-refractivity contribution in [1.82, 2.24) is 10.2 Å². The first-order valence-electron chi connectivity index (χ1n) is 5.67. The van der Waals surface area contributed by atoms with E-state index in [9.17, 15) is 4.79 Å². The summed E-state index contributed by atoms with van der Waals surface area (Å²) in [5.41, 5.74) is 0. The molecule has 0 saturated heterocycles. The van der Waals surface area contributed by atoms with E-state index in [1.807, 2.05) is 11.8 Å². The highest BCUT2D eigenvalue weighted by Crippen LogP contribution is 2.03. The average Bonchev–Trinajstić information content (AvgIpc) is 2.12. The number of amides is 2. The van der Waals surface area contributed by atoms with Crippen molar-refractivity contribution in [2.45, 2.75) is 53.0 Å². The van der Waals surface area contributed by atoms with Crippen molar-refractivity contribution in [1.29, 1.82) is 0 Å². The minimum absolute atomic E-state index is 0.0682. The summed E-state index contributed by atoms with van der Waals surface area (Å²) in [6.07, 6.45) is 3.50. The molecule has 0 atom stereocenters. The van der Waals surface area contributed by atoms with Crippen LogP contribution in [0.3, 0.4) is 0 Å². The summed E-state index contributed by atoms with van der Waals surface area (Å²) in [6, 6.07) is 0.358. The number of nitrogens with one attached hydrogen (secondary N) is 1. The molecular formula is C11H24N2O. The lowest BCUT2D eigenvalue weighted by molar-refractivity contribution is 0.182. The van der Waals surface area contributed by atoms with Crippen molar-refractivity contribution >= 4 is 6.03 Å². The van der Waals surface area contributed by atoms with Gasteiger partial charge in [0, 0.05) is 19.1 Å². The highest BCUT2D eigenvalue weighted by Gasteiger charge is 2.14. The predicted molar refractivity (Wildman–Crippen MR) is 60.4 cm³/mol. The number of carbonyl (C=O) groups excluding carboxylic acids is 1. The van der Waals surface area contributed by atoms with Crippen LogP contribution in [-0.2, 0) is 0 Å². The van der Waals surface area contributed by atoms with Crippen molar-refractivity contribution < 1.29 is 4.79 Å². The molecular weight excluding hydrogens is 176 g/mol. The fraction of sp³-hybridized carbons (Fsp3) is 0.909. The third-order valence-corrected chi connectivity index (χ3v) is 2.21. The summed E-state index contributed by atoms with van der Waals surface area (Å²) < 4.78 is 0. The third-order valence-electron chi connectivity index (χ3n) is 2.21. The van der Waals surface area contributed by atoms with Crippen LogP contribution in [0, 0.1) is 0 Å². The van der Waals surface area contributed by atoms with Crippen LogP contribution in [0.2, 0.25) is 0 Å². The lowest BCUT2D eigenvalue weighted by Gasteiger charge is -2.26. The zero-order chi connectivity index (χ0) is 11.0. The van der Waals surface area contributed by atoms with Gasteiger partial charge in [-0.05, 0) is 27.2 Å². The fourth-order valence-electron chi connectivity index (χ4n) is 1.38. The Balaban J connectivity index is 3.95. The largest absolute Gasteiger partial charge is 0.338 e. The Morgan fingerprint density at radius 1 is 1.29 bits per heavy atom. The number of hydrogen-bond donors (Lipinski definition) is 1. The van der Waals surface area contributed by atoms with E-state index in [2.05, 4.69) is 26.1 Å². The summed E-state index contributed by atoms with van der Waals surface area (Å²) in [5, 5.41) is 2.84. The first-order chi connectivity index (χ1) is 6.63. The van der Waals surface area contributed by atoms with Gasteiger partial charge in [0.2, 0.25) is 0 Å². The molecule has 0 aromatic heterocycles. The molecule has 0 aliphatic carbocycles. The van der Waals surface area contributed by atoms with Crippen LogP contribution in [0.25, 0.3) is 0 Å². The van der Waals surface area contributed by atoms with Gasteiger partial charge in [-0.25, -0.2) is 4.79 Å². The van der Waals surface area contributed by atoms with Crippen LogP contribution in [0.4, 0.5) is 4.79 Å². The number of hydrogen-bond acceptors (Lipinski definition) is 1. The Hall–Kier alpha value is -0.730. The maximum absolute atomic E-state index is 11.6. The molecule has 0 bridgehead atoms. The lowest BCUT2D eigenvalue weighted by Crippen LogP contribution is -2.44. The maximum atomic E-state index is 11.6. The van der Waals surface area contributed by atoms with Crippen LogP contribution in [0.5, 0.6) is 0 Å². The second kappa shape index (κ2) is 7.65. The van der Waals surface area contributed by atoms with Crippen LogP contribution >= 0.6 is 0 Å². The Labute approximate surface area is 87.9 Å². The summed E-state index contributed by atoms with van der Waals surface area (Å²) in [6.45, 7) is 9.81. The van der Waals surface area contributed by atoms with E-state index in [1.54, 1.807) is 0 Å². The minimum atomic E-state index is 0.0682. The van der Waals surface area contributed by atoms with Crippen molar-refractivity contribution in [3.8, 4) is 0 Å². The number of rotatable bonds is 6. The summed E-state index contributed by atoms with van der Waals surface area (Å²) in [7, 11) is 0. The molecule has 0 aliphatic heterocycles. The van der Waals surface area contributed by atoms with Gasteiger partial charge in [-0.15, -0.1) is 0 Å². The van der Waals surface area contributed by atoms with E-state index in [-0.39, 0.29) is 6.03 Å². The molecule has 14 heavy (non-hydrogen) atoms. The number of unbranched alkanes of at least 4 members (excludes halogenated alkanes) is 2. The topological polar surface area (TPSA) is 32.3 Å². The van der Waals surface area contributed by atoms with Crippen LogP contribution < -0.4 is 5.32 Å². The monoisotopic (exact) mass is 200 g/mol. The highest BCUT2D eigenvalue weighted by molar-refractivity contribution is 5.74. The smallest absolute Gasteiger partial charge is 0.317 e. The predicted octanol–water partition coefficient (Wildman–Crippen LogP) is 2.62. The number of carbonyl (C=O) groups is 1. The van der Waals surface area contributed by atoms with Gasteiger partial charge in [0.15, 0.2) is 0 Å². The van der Waals surface area contributed by atoms with E-state index in [4.69, 9.17) is 0 Å². The zero-order valence-electron chi connectivity index (χ0n) is 9.97. The molecule has 0 radical (unpaired) electrons. The van der Waals surface area contributed by atoms with Gasteiger partial charge in [-0.1, -0.05) is 19.8 Å². The van der Waals surface area contributed by atoms with Crippen LogP contribution in [0.1, 0.15) is 47.0 Å². The van der Waals surface area contributed by atoms with Gasteiger partial charge in [-0.2, -0.15) is 0 Å². The molecule has 0 saturated carbocycles. The Bertz CT molecular complexity index is 157. The zero-order valence-corrected chi connectivity index (χ0v) is 9.97. The van der Waals surface area contributed by atoms with Crippen molar-refractivity contribution in [2.24, 2.45) is 0 Å². The van der Waals surface area contributed by atoms with Gasteiger partial charge in [0.05, 0.1) is 0 Å².